The largest absolute Gasteiger partial charge is 0.325 e. The standard InChI is InChI=1S/C14H24N/c1-5-6-11-15(3,4)12-14-9-7-13(2)8-10-14/h7-10H,5-6,11-12H2,1-4H3/q+1. The zero-order valence-electron chi connectivity index (χ0n) is 10.6. The van der Waals surface area contributed by atoms with Crippen molar-refractivity contribution in [3.05, 3.63) is 35.4 Å². The molecule has 1 aromatic rings. The Morgan fingerprint density at radius 2 is 1.67 bits per heavy atom. The van der Waals surface area contributed by atoms with Crippen LogP contribution in [-0.4, -0.2) is 25.1 Å². The lowest BCUT2D eigenvalue weighted by atomic mass is 10.1. The summed E-state index contributed by atoms with van der Waals surface area (Å²) in [7, 11) is 4.63. The van der Waals surface area contributed by atoms with Gasteiger partial charge in [-0.05, 0) is 13.3 Å². The van der Waals surface area contributed by atoms with Crippen molar-refractivity contribution in [1.29, 1.82) is 0 Å². The zero-order valence-corrected chi connectivity index (χ0v) is 10.6. The van der Waals surface area contributed by atoms with Crippen molar-refractivity contribution in [3.8, 4) is 0 Å². The number of benzene rings is 1. The number of aryl methyl sites for hydroxylation is 1. The minimum Gasteiger partial charge on any atom is -0.325 e. The molecule has 0 saturated carbocycles. The van der Waals surface area contributed by atoms with Gasteiger partial charge in [0.2, 0.25) is 0 Å². The van der Waals surface area contributed by atoms with Crippen LogP contribution in [0.2, 0.25) is 0 Å². The Morgan fingerprint density at radius 3 is 2.20 bits per heavy atom. The Balaban J connectivity index is 2.56. The van der Waals surface area contributed by atoms with Crippen LogP contribution in [0.25, 0.3) is 0 Å². The number of nitrogens with zero attached hydrogens (tertiary/aromatic N) is 1. The molecule has 0 atom stereocenters. The minimum atomic E-state index is 1.09. The van der Waals surface area contributed by atoms with Crippen molar-refractivity contribution in [3.63, 3.8) is 0 Å². The van der Waals surface area contributed by atoms with Gasteiger partial charge in [-0.1, -0.05) is 43.2 Å². The van der Waals surface area contributed by atoms with Gasteiger partial charge >= 0.3 is 0 Å². The molecular weight excluding hydrogens is 182 g/mol. The first-order valence-electron chi connectivity index (χ1n) is 5.91. The smallest absolute Gasteiger partial charge is 0.104 e. The van der Waals surface area contributed by atoms with Crippen molar-refractivity contribution in [2.75, 3.05) is 20.6 Å². The van der Waals surface area contributed by atoms with Gasteiger partial charge in [0.1, 0.15) is 6.54 Å². The molecule has 0 unspecified atom stereocenters. The fourth-order valence-corrected chi connectivity index (χ4v) is 1.85. The second kappa shape index (κ2) is 5.32. The predicted molar refractivity (Wildman–Crippen MR) is 66.8 cm³/mol. The van der Waals surface area contributed by atoms with Gasteiger partial charge in [0, 0.05) is 5.56 Å². The molecule has 0 bridgehead atoms. The summed E-state index contributed by atoms with van der Waals surface area (Å²) in [4.78, 5) is 0. The van der Waals surface area contributed by atoms with Crippen LogP contribution in [0.1, 0.15) is 30.9 Å². The van der Waals surface area contributed by atoms with Crippen molar-refractivity contribution in [1.82, 2.24) is 0 Å². The highest BCUT2D eigenvalue weighted by molar-refractivity contribution is 5.20. The summed E-state index contributed by atoms with van der Waals surface area (Å²) in [6.07, 6.45) is 2.61. The summed E-state index contributed by atoms with van der Waals surface area (Å²) in [5, 5.41) is 0. The highest BCUT2D eigenvalue weighted by Gasteiger charge is 2.14. The van der Waals surface area contributed by atoms with E-state index in [0.29, 0.717) is 0 Å². The molecule has 0 aliphatic rings. The molecule has 0 radical (unpaired) electrons. The van der Waals surface area contributed by atoms with Crippen molar-refractivity contribution >= 4 is 0 Å². The first-order valence-corrected chi connectivity index (χ1v) is 5.91. The van der Waals surface area contributed by atoms with Gasteiger partial charge in [-0.25, -0.2) is 0 Å². The third-order valence-electron chi connectivity index (χ3n) is 2.85. The zero-order chi connectivity index (χ0) is 11.3. The fraction of sp³-hybridized carbons (Fsp3) is 0.571. The molecular formula is C14H24N+. The molecule has 0 heterocycles. The van der Waals surface area contributed by atoms with Crippen LogP contribution in [0.15, 0.2) is 24.3 Å². The Hall–Kier alpha value is -0.820. The molecule has 0 saturated heterocycles. The van der Waals surface area contributed by atoms with Gasteiger partial charge in [0.15, 0.2) is 0 Å². The Bertz CT molecular complexity index is 285. The van der Waals surface area contributed by atoms with E-state index in [1.165, 1.54) is 30.5 Å². The van der Waals surface area contributed by atoms with Gasteiger partial charge in [-0.15, -0.1) is 0 Å². The predicted octanol–water partition coefficient (Wildman–Crippen LogP) is 3.37. The van der Waals surface area contributed by atoms with Crippen molar-refractivity contribution in [2.45, 2.75) is 33.2 Å². The van der Waals surface area contributed by atoms with E-state index in [1.54, 1.807) is 0 Å². The van der Waals surface area contributed by atoms with Crippen LogP contribution >= 0.6 is 0 Å². The van der Waals surface area contributed by atoms with Gasteiger partial charge in [-0.2, -0.15) is 0 Å². The van der Waals surface area contributed by atoms with Gasteiger partial charge in [0.25, 0.3) is 0 Å². The van der Waals surface area contributed by atoms with Crippen LogP contribution in [0.4, 0.5) is 0 Å². The highest BCUT2D eigenvalue weighted by Crippen LogP contribution is 2.11. The number of hydrogen-bond donors (Lipinski definition) is 0. The van der Waals surface area contributed by atoms with E-state index in [1.807, 2.05) is 0 Å². The molecule has 0 aliphatic carbocycles. The van der Waals surface area contributed by atoms with Crippen LogP contribution in [0.5, 0.6) is 0 Å². The minimum absolute atomic E-state index is 1.09. The summed E-state index contributed by atoms with van der Waals surface area (Å²) < 4.78 is 1.09. The van der Waals surface area contributed by atoms with Gasteiger partial charge in [-0.3, -0.25) is 0 Å². The molecule has 0 N–H and O–H groups in total. The molecule has 1 heteroatoms. The summed E-state index contributed by atoms with van der Waals surface area (Å²) in [5.41, 5.74) is 2.79. The number of quaternary nitrogens is 1. The third kappa shape index (κ3) is 4.48. The first kappa shape index (κ1) is 12.3. The molecule has 0 aliphatic heterocycles. The summed E-state index contributed by atoms with van der Waals surface area (Å²) in [5.74, 6) is 0. The topological polar surface area (TPSA) is 0 Å². The molecule has 0 amide bonds. The number of rotatable bonds is 5. The summed E-state index contributed by atoms with van der Waals surface area (Å²) >= 11 is 0. The second-order valence-corrected chi connectivity index (χ2v) is 5.16. The van der Waals surface area contributed by atoms with E-state index < -0.39 is 0 Å². The third-order valence-corrected chi connectivity index (χ3v) is 2.85. The fourth-order valence-electron chi connectivity index (χ4n) is 1.85. The molecule has 1 aromatic carbocycles. The molecule has 0 fully saturated rings. The lowest BCUT2D eigenvalue weighted by Gasteiger charge is -2.29. The maximum atomic E-state index is 2.31. The molecule has 1 nitrogen and oxygen atoms in total. The molecule has 84 valence electrons. The van der Waals surface area contributed by atoms with Crippen molar-refractivity contribution in [2.24, 2.45) is 0 Å². The highest BCUT2D eigenvalue weighted by atomic mass is 15.3. The average molecular weight is 206 g/mol. The van der Waals surface area contributed by atoms with E-state index in [4.69, 9.17) is 0 Å². The van der Waals surface area contributed by atoms with E-state index >= 15 is 0 Å². The lowest BCUT2D eigenvalue weighted by Crippen LogP contribution is -2.39. The SMILES string of the molecule is CCCC[N+](C)(C)Cc1ccc(C)cc1. The molecule has 0 spiro atoms. The summed E-state index contributed by atoms with van der Waals surface area (Å²) in [6.45, 7) is 6.80. The summed E-state index contributed by atoms with van der Waals surface area (Å²) in [6, 6.07) is 8.91. The van der Waals surface area contributed by atoms with Crippen LogP contribution in [0.3, 0.4) is 0 Å². The lowest BCUT2D eigenvalue weighted by molar-refractivity contribution is -0.903. The normalized spacial score (nSPS) is 11.7. The monoisotopic (exact) mass is 206 g/mol. The van der Waals surface area contributed by atoms with Crippen LogP contribution in [0, 0.1) is 6.92 Å². The number of unbranched alkanes of at least 4 members (excludes halogenated alkanes) is 1. The molecule has 0 aromatic heterocycles. The quantitative estimate of drug-likeness (QED) is 0.648. The Kier molecular flexibility index (Phi) is 4.34. The molecule has 15 heavy (non-hydrogen) atoms. The molecule has 1 rings (SSSR count). The van der Waals surface area contributed by atoms with Crippen molar-refractivity contribution < 1.29 is 4.48 Å². The van der Waals surface area contributed by atoms with Crippen LogP contribution in [-0.2, 0) is 6.54 Å². The second-order valence-electron chi connectivity index (χ2n) is 5.16. The van der Waals surface area contributed by atoms with Gasteiger partial charge in [0.05, 0.1) is 20.6 Å². The Labute approximate surface area is 94.3 Å². The van der Waals surface area contributed by atoms with E-state index in [-0.39, 0.29) is 0 Å². The Morgan fingerprint density at radius 1 is 1.07 bits per heavy atom. The van der Waals surface area contributed by atoms with E-state index in [2.05, 4.69) is 52.2 Å². The van der Waals surface area contributed by atoms with E-state index in [0.717, 1.165) is 11.0 Å². The first-order chi connectivity index (χ1) is 7.03. The van der Waals surface area contributed by atoms with Gasteiger partial charge < -0.3 is 4.48 Å². The average Bonchev–Trinajstić information content (AvgIpc) is 2.18. The maximum absolute atomic E-state index is 2.31. The number of hydrogen-bond acceptors (Lipinski definition) is 0. The maximum Gasteiger partial charge on any atom is 0.104 e. The van der Waals surface area contributed by atoms with Crippen LogP contribution < -0.4 is 0 Å². The van der Waals surface area contributed by atoms with E-state index in [9.17, 15) is 0 Å².